The monoisotopic (exact) mass is 334 g/mol. The van der Waals surface area contributed by atoms with Gasteiger partial charge < -0.3 is 0 Å². The van der Waals surface area contributed by atoms with Crippen molar-refractivity contribution in [1.82, 2.24) is 0 Å². The second-order valence-corrected chi connectivity index (χ2v) is 0. The van der Waals surface area contributed by atoms with Crippen LogP contribution in [0.3, 0.4) is 0 Å². The zero-order chi connectivity index (χ0) is 0. The molecule has 1 atom stereocenters. The number of hydrogen-bond donors (Lipinski definition) is 0. The van der Waals surface area contributed by atoms with Crippen molar-refractivity contribution in [3.63, 3.8) is 0 Å². The van der Waals surface area contributed by atoms with Crippen LogP contribution in [0.25, 0.3) is 0 Å². The van der Waals surface area contributed by atoms with Gasteiger partial charge in [-0.25, -0.2) is 0 Å². The Morgan fingerprint density at radius 2 is 0.750 bits per heavy atom. The van der Waals surface area contributed by atoms with Gasteiger partial charge in [0.1, 0.15) is 0 Å². The van der Waals surface area contributed by atoms with Crippen molar-refractivity contribution in [3.05, 3.63) is 0 Å². The van der Waals surface area contributed by atoms with Crippen molar-refractivity contribution in [3.8, 4) is 0 Å². The third-order valence-corrected chi connectivity index (χ3v) is 0. The second kappa shape index (κ2) is 19.4. The molecule has 0 heterocycles. The maximum atomic E-state index is 0. The van der Waals surface area contributed by atoms with Gasteiger partial charge in [-0.05, 0) is 0 Å². The van der Waals surface area contributed by atoms with E-state index in [1.54, 1.807) is 0 Å². The summed E-state index contributed by atoms with van der Waals surface area (Å²) in [5, 5.41) is 0. The SMILES string of the molecule is P.[Ni].[Ni].[W]. The van der Waals surface area contributed by atoms with Gasteiger partial charge in [0, 0.05) is 54.0 Å². The molecular formula is H3Ni2PW. The Labute approximate surface area is 63.6 Å². The average Bonchev–Trinajstić information content (AvgIpc) is 0. The van der Waals surface area contributed by atoms with Gasteiger partial charge in [0.25, 0.3) is 0 Å². The van der Waals surface area contributed by atoms with Crippen LogP contribution in [0, 0.1) is 0 Å². The van der Waals surface area contributed by atoms with Crippen LogP contribution in [0.1, 0.15) is 0 Å². The molecule has 0 radical (unpaired) electrons. The summed E-state index contributed by atoms with van der Waals surface area (Å²) in [5.41, 5.74) is 0. The number of rotatable bonds is 0. The Morgan fingerprint density at radius 1 is 0.750 bits per heavy atom. The summed E-state index contributed by atoms with van der Waals surface area (Å²) in [6.07, 6.45) is 0. The molecule has 0 aliphatic heterocycles. The summed E-state index contributed by atoms with van der Waals surface area (Å²) in [6.45, 7) is 0. The molecule has 0 aliphatic rings. The molecule has 0 spiro atoms. The van der Waals surface area contributed by atoms with Crippen molar-refractivity contribution >= 4 is 9.90 Å². The Balaban J connectivity index is 0. The maximum absolute atomic E-state index is 0. The minimum absolute atomic E-state index is 0. The second-order valence-electron chi connectivity index (χ2n) is 0. The van der Waals surface area contributed by atoms with Crippen molar-refractivity contribution in [2.45, 2.75) is 0 Å². The van der Waals surface area contributed by atoms with Gasteiger partial charge in [-0.3, -0.25) is 0 Å². The summed E-state index contributed by atoms with van der Waals surface area (Å²) < 4.78 is 0. The van der Waals surface area contributed by atoms with E-state index in [1.165, 1.54) is 0 Å². The van der Waals surface area contributed by atoms with Crippen molar-refractivity contribution < 1.29 is 54.0 Å². The van der Waals surface area contributed by atoms with Crippen LogP contribution in [0.2, 0.25) is 0 Å². The van der Waals surface area contributed by atoms with E-state index in [4.69, 9.17) is 0 Å². The third-order valence-electron chi connectivity index (χ3n) is 0. The van der Waals surface area contributed by atoms with Crippen LogP contribution in [0.4, 0.5) is 0 Å². The van der Waals surface area contributed by atoms with E-state index < -0.39 is 0 Å². The molecule has 0 aromatic heterocycles. The van der Waals surface area contributed by atoms with Gasteiger partial charge in [0.2, 0.25) is 0 Å². The fourth-order valence-electron chi connectivity index (χ4n) is 0. The van der Waals surface area contributed by atoms with Gasteiger partial charge >= 0.3 is 0 Å². The molecule has 0 aliphatic carbocycles. The molecule has 0 bridgehead atoms. The smallest absolute Gasteiger partial charge is 0 e. The molecular weight excluding hydrogens is 332 g/mol. The zero-order valence-electron chi connectivity index (χ0n) is 1.75. The summed E-state index contributed by atoms with van der Waals surface area (Å²) in [5.74, 6) is 0. The molecule has 4 heavy (non-hydrogen) atoms. The van der Waals surface area contributed by atoms with Gasteiger partial charge in [-0.2, -0.15) is 9.90 Å². The standard InChI is InChI=1S/2Ni.H3P.W/h;;1H3;. The number of hydrogen-bond acceptors (Lipinski definition) is 0. The average molecular weight is 335 g/mol. The molecule has 0 saturated carbocycles. The molecule has 0 nitrogen and oxygen atoms in total. The van der Waals surface area contributed by atoms with Gasteiger partial charge in [0.15, 0.2) is 0 Å². The Hall–Kier alpha value is 2.11. The van der Waals surface area contributed by atoms with Crippen molar-refractivity contribution in [2.24, 2.45) is 0 Å². The first-order valence-electron chi connectivity index (χ1n) is 0. The van der Waals surface area contributed by atoms with Crippen LogP contribution >= 0.6 is 9.90 Å². The minimum atomic E-state index is 0. The molecule has 0 N–H and O–H groups in total. The summed E-state index contributed by atoms with van der Waals surface area (Å²) in [6, 6.07) is 0. The molecule has 34 valence electrons. The molecule has 0 aromatic carbocycles. The predicted octanol–water partition coefficient (Wildman–Crippen LogP) is 0.0506. The molecule has 0 aromatic rings. The van der Waals surface area contributed by atoms with Crippen molar-refractivity contribution in [2.75, 3.05) is 0 Å². The van der Waals surface area contributed by atoms with Gasteiger partial charge in [-0.1, -0.05) is 0 Å². The maximum Gasteiger partial charge on any atom is 0 e. The zero-order valence-corrected chi connectivity index (χ0v) is 8.07. The fourth-order valence-corrected chi connectivity index (χ4v) is 0. The van der Waals surface area contributed by atoms with E-state index in [2.05, 4.69) is 0 Å². The third kappa shape index (κ3) is 8.93. The van der Waals surface area contributed by atoms with Crippen LogP contribution in [0.15, 0.2) is 0 Å². The summed E-state index contributed by atoms with van der Waals surface area (Å²) in [7, 11) is 0. The molecule has 4 heteroatoms. The van der Waals surface area contributed by atoms with E-state index in [-0.39, 0.29) is 63.9 Å². The van der Waals surface area contributed by atoms with Crippen molar-refractivity contribution in [1.29, 1.82) is 0 Å². The van der Waals surface area contributed by atoms with E-state index in [9.17, 15) is 0 Å². The first-order valence-corrected chi connectivity index (χ1v) is 0. The van der Waals surface area contributed by atoms with Crippen LogP contribution in [-0.2, 0) is 54.0 Å². The first-order chi connectivity index (χ1) is 0. The predicted molar refractivity (Wildman–Crippen MR) is 11.1 cm³/mol. The first kappa shape index (κ1) is 35.9. The Bertz CT molecular complexity index is 6.00. The summed E-state index contributed by atoms with van der Waals surface area (Å²) in [4.78, 5) is 0. The van der Waals surface area contributed by atoms with Gasteiger partial charge in [-0.15, -0.1) is 0 Å². The van der Waals surface area contributed by atoms with E-state index >= 15 is 0 Å². The molecule has 0 fully saturated rings. The summed E-state index contributed by atoms with van der Waals surface area (Å²) >= 11 is 0. The quantitative estimate of drug-likeness (QED) is 0.434. The van der Waals surface area contributed by atoms with E-state index in [1.807, 2.05) is 0 Å². The fraction of sp³-hybridized carbons (Fsp3) is 0. The molecule has 1 unspecified atom stereocenters. The molecule has 0 amide bonds. The largest absolute Gasteiger partial charge is 0.153 e. The van der Waals surface area contributed by atoms with Crippen LogP contribution in [0.5, 0.6) is 0 Å². The minimum Gasteiger partial charge on any atom is -0.153 e. The topological polar surface area (TPSA) is 0 Å². The van der Waals surface area contributed by atoms with Gasteiger partial charge in [0.05, 0.1) is 0 Å². The Morgan fingerprint density at radius 3 is 0.750 bits per heavy atom. The molecule has 0 saturated heterocycles. The normalized spacial score (nSPS) is 0. The van der Waals surface area contributed by atoms with E-state index in [0.717, 1.165) is 0 Å². The van der Waals surface area contributed by atoms with Crippen LogP contribution < -0.4 is 0 Å². The van der Waals surface area contributed by atoms with Crippen LogP contribution in [-0.4, -0.2) is 0 Å². The molecule has 0 rings (SSSR count). The Kier molecular flexibility index (Phi) is 174. The van der Waals surface area contributed by atoms with E-state index in [0.29, 0.717) is 0 Å².